The number of hydrogen-bond donors (Lipinski definition) is 0. The van der Waals surface area contributed by atoms with Crippen molar-refractivity contribution in [1.82, 2.24) is 14.9 Å². The molecule has 0 aliphatic carbocycles. The molecule has 0 atom stereocenters. The third-order valence-electron chi connectivity index (χ3n) is 3.31. The lowest BCUT2D eigenvalue weighted by atomic mass is 9.97. The van der Waals surface area contributed by atoms with Gasteiger partial charge in [0.05, 0.1) is 6.20 Å². The van der Waals surface area contributed by atoms with E-state index in [2.05, 4.69) is 33.9 Å². The monoisotopic (exact) mass is 220 g/mol. The lowest BCUT2D eigenvalue weighted by Crippen LogP contribution is -2.35. The number of aromatic nitrogens is 2. The van der Waals surface area contributed by atoms with Crippen molar-refractivity contribution in [3.8, 4) is 0 Å². The van der Waals surface area contributed by atoms with Crippen LogP contribution in [-0.2, 0) is 0 Å². The highest BCUT2D eigenvalue weighted by Gasteiger charge is 2.18. The van der Waals surface area contributed by atoms with Crippen LogP contribution in [0.5, 0.6) is 0 Å². The molecule has 2 heterocycles. The first-order valence-electron chi connectivity index (χ1n) is 5.91. The van der Waals surface area contributed by atoms with Crippen LogP contribution in [0.15, 0.2) is 18.6 Å². The van der Waals surface area contributed by atoms with Crippen LogP contribution >= 0.6 is 0 Å². The fourth-order valence-electron chi connectivity index (χ4n) is 2.21. The van der Waals surface area contributed by atoms with E-state index >= 15 is 0 Å². The van der Waals surface area contributed by atoms with Gasteiger partial charge in [0.25, 0.3) is 0 Å². The summed E-state index contributed by atoms with van der Waals surface area (Å²) in [4.78, 5) is 13.0. The van der Waals surface area contributed by atoms with Crippen LogP contribution in [0.4, 0.5) is 5.82 Å². The van der Waals surface area contributed by atoms with Crippen LogP contribution in [0.2, 0.25) is 0 Å². The summed E-state index contributed by atoms with van der Waals surface area (Å²) in [6, 6.07) is 0. The molecule has 16 heavy (non-hydrogen) atoms. The largest absolute Gasteiger partial charge is 0.358 e. The Labute approximate surface area is 97.3 Å². The maximum absolute atomic E-state index is 4.31. The van der Waals surface area contributed by atoms with Crippen molar-refractivity contribution in [3.05, 3.63) is 18.6 Å². The Balaban J connectivity index is 1.86. The highest BCUT2D eigenvalue weighted by Crippen LogP contribution is 2.18. The highest BCUT2D eigenvalue weighted by molar-refractivity contribution is 5.33. The Morgan fingerprint density at radius 1 is 1.38 bits per heavy atom. The third kappa shape index (κ3) is 2.92. The van der Waals surface area contributed by atoms with Gasteiger partial charge in [0.15, 0.2) is 0 Å². The molecular formula is C12H20N4. The quantitative estimate of drug-likeness (QED) is 0.767. The molecule has 1 fully saturated rings. The normalized spacial score (nSPS) is 18.6. The van der Waals surface area contributed by atoms with Gasteiger partial charge in [-0.15, -0.1) is 0 Å². The molecule has 0 unspecified atom stereocenters. The summed E-state index contributed by atoms with van der Waals surface area (Å²) in [5.74, 6) is 1.77. The van der Waals surface area contributed by atoms with Gasteiger partial charge in [0.2, 0.25) is 0 Å². The topological polar surface area (TPSA) is 32.3 Å². The summed E-state index contributed by atoms with van der Waals surface area (Å²) < 4.78 is 0. The van der Waals surface area contributed by atoms with Gasteiger partial charge in [0, 0.05) is 26.0 Å². The summed E-state index contributed by atoms with van der Waals surface area (Å²) in [6.45, 7) is 3.53. The average molecular weight is 220 g/mol. The zero-order valence-corrected chi connectivity index (χ0v) is 10.1. The van der Waals surface area contributed by atoms with Gasteiger partial charge in [-0.25, -0.2) is 4.98 Å². The molecule has 0 aromatic carbocycles. The van der Waals surface area contributed by atoms with Crippen molar-refractivity contribution in [2.75, 3.05) is 38.6 Å². The average Bonchev–Trinajstić information content (AvgIpc) is 2.33. The van der Waals surface area contributed by atoms with Gasteiger partial charge in [-0.05, 0) is 38.9 Å². The van der Waals surface area contributed by atoms with E-state index in [1.54, 1.807) is 12.4 Å². The summed E-state index contributed by atoms with van der Waals surface area (Å²) in [7, 11) is 4.30. The van der Waals surface area contributed by atoms with Crippen molar-refractivity contribution in [1.29, 1.82) is 0 Å². The standard InChI is InChI=1S/C12H20N4/c1-15-7-3-11(4-8-15)10-16(2)12-9-13-5-6-14-12/h5-6,9,11H,3-4,7-8,10H2,1-2H3. The van der Waals surface area contributed by atoms with Crippen molar-refractivity contribution < 1.29 is 0 Å². The van der Waals surface area contributed by atoms with E-state index in [-0.39, 0.29) is 0 Å². The number of anilines is 1. The van der Waals surface area contributed by atoms with Crippen LogP contribution in [0.1, 0.15) is 12.8 Å². The fraction of sp³-hybridized carbons (Fsp3) is 0.667. The van der Waals surface area contributed by atoms with E-state index in [9.17, 15) is 0 Å². The van der Waals surface area contributed by atoms with Gasteiger partial charge in [-0.1, -0.05) is 0 Å². The van der Waals surface area contributed by atoms with Crippen molar-refractivity contribution in [3.63, 3.8) is 0 Å². The predicted octanol–water partition coefficient (Wildman–Crippen LogP) is 1.25. The van der Waals surface area contributed by atoms with Crippen molar-refractivity contribution >= 4 is 5.82 Å². The molecule has 0 saturated carbocycles. The summed E-state index contributed by atoms with van der Waals surface area (Å²) in [5, 5.41) is 0. The fourth-order valence-corrected chi connectivity index (χ4v) is 2.21. The number of likely N-dealkylation sites (tertiary alicyclic amines) is 1. The molecule has 0 radical (unpaired) electrons. The molecule has 1 aromatic rings. The van der Waals surface area contributed by atoms with Gasteiger partial charge in [-0.3, -0.25) is 4.98 Å². The minimum absolute atomic E-state index is 0.795. The van der Waals surface area contributed by atoms with E-state index in [4.69, 9.17) is 0 Å². The van der Waals surface area contributed by atoms with Crippen LogP contribution in [0, 0.1) is 5.92 Å². The lowest BCUT2D eigenvalue weighted by Gasteiger charge is -2.31. The van der Waals surface area contributed by atoms with E-state index in [0.29, 0.717) is 0 Å². The molecule has 4 heteroatoms. The molecule has 1 aromatic heterocycles. The zero-order valence-electron chi connectivity index (χ0n) is 10.1. The molecule has 1 aliphatic heterocycles. The van der Waals surface area contributed by atoms with E-state index in [0.717, 1.165) is 18.3 Å². The molecule has 0 amide bonds. The summed E-state index contributed by atoms with van der Waals surface area (Å²) in [6.07, 6.45) is 7.88. The third-order valence-corrected chi connectivity index (χ3v) is 3.31. The smallest absolute Gasteiger partial charge is 0.146 e. The van der Waals surface area contributed by atoms with E-state index in [1.165, 1.54) is 25.9 Å². The van der Waals surface area contributed by atoms with Crippen LogP contribution < -0.4 is 4.90 Å². The molecular weight excluding hydrogens is 200 g/mol. The first-order chi connectivity index (χ1) is 7.75. The molecule has 1 saturated heterocycles. The van der Waals surface area contributed by atoms with Crippen LogP contribution in [0.3, 0.4) is 0 Å². The van der Waals surface area contributed by atoms with Crippen LogP contribution in [-0.4, -0.2) is 48.6 Å². The first-order valence-corrected chi connectivity index (χ1v) is 5.91. The minimum atomic E-state index is 0.795. The number of rotatable bonds is 3. The molecule has 0 N–H and O–H groups in total. The molecule has 0 bridgehead atoms. The Morgan fingerprint density at radius 3 is 2.75 bits per heavy atom. The van der Waals surface area contributed by atoms with Crippen LogP contribution in [0.25, 0.3) is 0 Å². The molecule has 88 valence electrons. The minimum Gasteiger partial charge on any atom is -0.358 e. The number of piperidine rings is 1. The molecule has 1 aliphatic rings. The molecule has 2 rings (SSSR count). The maximum Gasteiger partial charge on any atom is 0.146 e. The van der Waals surface area contributed by atoms with Gasteiger partial charge < -0.3 is 9.80 Å². The number of nitrogens with zero attached hydrogens (tertiary/aromatic N) is 4. The second kappa shape index (κ2) is 5.25. The Bertz CT molecular complexity index is 306. The van der Waals surface area contributed by atoms with E-state index in [1.807, 2.05) is 6.20 Å². The Hall–Kier alpha value is -1.16. The van der Waals surface area contributed by atoms with Gasteiger partial charge in [0.1, 0.15) is 5.82 Å². The Morgan fingerprint density at radius 2 is 2.12 bits per heavy atom. The summed E-state index contributed by atoms with van der Waals surface area (Å²) in [5.41, 5.74) is 0. The Kier molecular flexibility index (Phi) is 3.72. The number of hydrogen-bond acceptors (Lipinski definition) is 4. The van der Waals surface area contributed by atoms with Gasteiger partial charge >= 0.3 is 0 Å². The van der Waals surface area contributed by atoms with Gasteiger partial charge in [-0.2, -0.15) is 0 Å². The lowest BCUT2D eigenvalue weighted by molar-refractivity contribution is 0.222. The van der Waals surface area contributed by atoms with Crippen molar-refractivity contribution in [2.45, 2.75) is 12.8 Å². The zero-order chi connectivity index (χ0) is 11.4. The second-order valence-corrected chi connectivity index (χ2v) is 4.69. The first kappa shape index (κ1) is 11.3. The SMILES string of the molecule is CN1CCC(CN(C)c2cnccn2)CC1. The molecule has 4 nitrogen and oxygen atoms in total. The highest BCUT2D eigenvalue weighted by atomic mass is 15.2. The summed E-state index contributed by atoms with van der Waals surface area (Å²) >= 11 is 0. The maximum atomic E-state index is 4.31. The molecule has 0 spiro atoms. The van der Waals surface area contributed by atoms with Crippen molar-refractivity contribution in [2.24, 2.45) is 5.92 Å². The second-order valence-electron chi connectivity index (χ2n) is 4.69. The van der Waals surface area contributed by atoms with E-state index < -0.39 is 0 Å². The predicted molar refractivity (Wildman–Crippen MR) is 65.5 cm³/mol.